The topological polar surface area (TPSA) is 38.9 Å². The molecular formula is C56H36N2O. The molecule has 0 aliphatic heterocycles. The minimum Gasteiger partial charge on any atom is -0.455 e. The molecular weight excluding hydrogens is 717 g/mol. The van der Waals surface area contributed by atoms with Crippen LogP contribution in [0.5, 0.6) is 0 Å². The molecule has 0 radical (unpaired) electrons. The number of nitrogens with zero attached hydrogens (tertiary/aromatic N) is 2. The summed E-state index contributed by atoms with van der Waals surface area (Å²) in [6.45, 7) is 2.36. The maximum absolute atomic E-state index is 6.58. The Morgan fingerprint density at radius 1 is 0.424 bits per heavy atom. The lowest BCUT2D eigenvalue weighted by Gasteiger charge is -2.28. The van der Waals surface area contributed by atoms with Gasteiger partial charge in [0.05, 0.1) is 11.4 Å². The van der Waals surface area contributed by atoms with Crippen molar-refractivity contribution in [3.8, 4) is 56.2 Å². The number of rotatable bonds is 5. The van der Waals surface area contributed by atoms with Crippen molar-refractivity contribution >= 4 is 43.5 Å². The zero-order valence-electron chi connectivity index (χ0n) is 32.4. The summed E-state index contributed by atoms with van der Waals surface area (Å²) in [6, 6.07) is 71.6. The Morgan fingerprint density at radius 2 is 1.08 bits per heavy atom. The quantitative estimate of drug-likeness (QED) is 0.164. The van der Waals surface area contributed by atoms with Crippen LogP contribution in [0.1, 0.15) is 23.6 Å². The standard InChI is InChI=1S/C56H36N2O/c1-56(39-21-6-3-7-22-39)47-27-12-10-25-42(47)53-43(26-15-28-48(53)56)50-34-49(57-55(58-50)36-17-4-2-5-18-36)38-20-14-19-37(32-38)45-33-46-41-24-11-13-29-51(41)59-54(46)44-31-30-35-16-8-9-23-40(35)52(44)45/h2-34H,1H3. The summed E-state index contributed by atoms with van der Waals surface area (Å²) < 4.78 is 6.58. The van der Waals surface area contributed by atoms with Gasteiger partial charge in [-0.25, -0.2) is 9.97 Å². The molecule has 1 atom stereocenters. The number of fused-ring (bicyclic) bond motifs is 10. The van der Waals surface area contributed by atoms with Crippen LogP contribution in [0, 0.1) is 0 Å². The van der Waals surface area contributed by atoms with Crippen molar-refractivity contribution in [3.05, 3.63) is 217 Å². The Bertz CT molecular complexity index is 3460. The Morgan fingerprint density at radius 3 is 1.97 bits per heavy atom. The molecule has 11 aromatic rings. The van der Waals surface area contributed by atoms with Crippen molar-refractivity contribution < 1.29 is 4.42 Å². The Labute approximate surface area is 341 Å². The fraction of sp³-hybridized carbons (Fsp3) is 0.0357. The molecule has 3 nitrogen and oxygen atoms in total. The lowest BCUT2D eigenvalue weighted by atomic mass is 9.74. The van der Waals surface area contributed by atoms with E-state index in [1.807, 2.05) is 12.1 Å². The van der Waals surface area contributed by atoms with Gasteiger partial charge in [0, 0.05) is 43.7 Å². The molecule has 1 unspecified atom stereocenters. The third-order valence-corrected chi connectivity index (χ3v) is 12.6. The van der Waals surface area contributed by atoms with Gasteiger partial charge >= 0.3 is 0 Å². The zero-order valence-corrected chi connectivity index (χ0v) is 32.4. The smallest absolute Gasteiger partial charge is 0.160 e. The largest absolute Gasteiger partial charge is 0.455 e. The first-order valence-corrected chi connectivity index (χ1v) is 20.2. The monoisotopic (exact) mass is 752 g/mol. The van der Waals surface area contributed by atoms with Gasteiger partial charge in [-0.05, 0) is 87.0 Å². The van der Waals surface area contributed by atoms with Gasteiger partial charge in [-0.15, -0.1) is 0 Å². The van der Waals surface area contributed by atoms with Crippen molar-refractivity contribution in [3.63, 3.8) is 0 Å². The number of furan rings is 1. The average molecular weight is 753 g/mol. The van der Waals surface area contributed by atoms with Gasteiger partial charge in [0.15, 0.2) is 5.82 Å². The Balaban J connectivity index is 1.09. The van der Waals surface area contributed by atoms with Gasteiger partial charge in [-0.3, -0.25) is 0 Å². The van der Waals surface area contributed by atoms with Gasteiger partial charge in [-0.1, -0.05) is 170 Å². The minimum atomic E-state index is -0.315. The van der Waals surface area contributed by atoms with Crippen LogP contribution in [-0.2, 0) is 5.41 Å². The average Bonchev–Trinajstić information content (AvgIpc) is 3.82. The van der Waals surface area contributed by atoms with Crippen LogP contribution in [0.4, 0.5) is 0 Å². The first-order valence-electron chi connectivity index (χ1n) is 20.2. The van der Waals surface area contributed by atoms with E-state index in [1.165, 1.54) is 44.0 Å². The van der Waals surface area contributed by atoms with E-state index < -0.39 is 0 Å². The minimum absolute atomic E-state index is 0.315. The highest BCUT2D eigenvalue weighted by molar-refractivity contribution is 6.25. The lowest BCUT2D eigenvalue weighted by Crippen LogP contribution is -2.22. The van der Waals surface area contributed by atoms with E-state index in [0.717, 1.165) is 66.5 Å². The van der Waals surface area contributed by atoms with Crippen LogP contribution in [0.3, 0.4) is 0 Å². The van der Waals surface area contributed by atoms with E-state index in [4.69, 9.17) is 14.4 Å². The van der Waals surface area contributed by atoms with Crippen molar-refractivity contribution in [2.45, 2.75) is 12.3 Å². The highest BCUT2D eigenvalue weighted by Gasteiger charge is 2.41. The third-order valence-electron chi connectivity index (χ3n) is 12.6. The maximum atomic E-state index is 6.58. The molecule has 0 saturated carbocycles. The Kier molecular flexibility index (Phi) is 7.36. The van der Waals surface area contributed by atoms with Crippen LogP contribution >= 0.6 is 0 Å². The van der Waals surface area contributed by atoms with E-state index in [2.05, 4.69) is 195 Å². The molecule has 1 aliphatic rings. The van der Waals surface area contributed by atoms with Crippen molar-refractivity contribution in [2.75, 3.05) is 0 Å². The normalized spacial score (nSPS) is 14.6. The predicted octanol–water partition coefficient (Wildman–Crippen LogP) is 14.7. The second-order valence-corrected chi connectivity index (χ2v) is 15.8. The molecule has 276 valence electrons. The molecule has 2 heterocycles. The fourth-order valence-corrected chi connectivity index (χ4v) is 9.74. The van der Waals surface area contributed by atoms with Crippen molar-refractivity contribution in [1.29, 1.82) is 0 Å². The molecule has 0 fully saturated rings. The van der Waals surface area contributed by atoms with Gasteiger partial charge in [0.2, 0.25) is 0 Å². The molecule has 0 saturated heterocycles. The summed E-state index contributed by atoms with van der Waals surface area (Å²) in [5, 5.41) is 6.91. The summed E-state index contributed by atoms with van der Waals surface area (Å²) in [4.78, 5) is 10.7. The molecule has 59 heavy (non-hydrogen) atoms. The van der Waals surface area contributed by atoms with Crippen LogP contribution in [0.2, 0.25) is 0 Å². The lowest BCUT2D eigenvalue weighted by molar-refractivity contribution is 0.673. The molecule has 3 heteroatoms. The van der Waals surface area contributed by atoms with Gasteiger partial charge < -0.3 is 4.42 Å². The number of para-hydroxylation sites is 1. The SMILES string of the molecule is CC1(c2ccccc2)c2ccccc2-c2c(-c3cc(-c4cccc(-c5cc6c7ccccc7oc6c6ccc7ccccc7c56)c4)nc(-c4ccccc4)n3)cccc21. The van der Waals surface area contributed by atoms with Gasteiger partial charge in [0.25, 0.3) is 0 Å². The molecule has 0 amide bonds. The summed E-state index contributed by atoms with van der Waals surface area (Å²) in [5.41, 5.74) is 15.0. The number of hydrogen-bond acceptors (Lipinski definition) is 3. The predicted molar refractivity (Wildman–Crippen MR) is 243 cm³/mol. The van der Waals surface area contributed by atoms with E-state index in [9.17, 15) is 0 Å². The maximum Gasteiger partial charge on any atom is 0.160 e. The number of hydrogen-bond donors (Lipinski definition) is 0. The first-order chi connectivity index (χ1) is 29.1. The Hall–Kier alpha value is -7.62. The highest BCUT2D eigenvalue weighted by atomic mass is 16.3. The van der Waals surface area contributed by atoms with Crippen molar-refractivity contribution in [2.24, 2.45) is 0 Å². The number of aromatic nitrogens is 2. The zero-order chi connectivity index (χ0) is 39.1. The van der Waals surface area contributed by atoms with Gasteiger partial charge in [-0.2, -0.15) is 0 Å². The summed E-state index contributed by atoms with van der Waals surface area (Å²) in [5.74, 6) is 0.695. The van der Waals surface area contributed by atoms with E-state index in [0.29, 0.717) is 5.82 Å². The van der Waals surface area contributed by atoms with Crippen LogP contribution in [0.25, 0.3) is 99.6 Å². The third kappa shape index (κ3) is 5.08. The molecule has 1 aliphatic carbocycles. The molecule has 0 spiro atoms. The second kappa shape index (κ2) is 13.0. The van der Waals surface area contributed by atoms with Crippen LogP contribution < -0.4 is 0 Å². The van der Waals surface area contributed by atoms with E-state index >= 15 is 0 Å². The second-order valence-electron chi connectivity index (χ2n) is 15.8. The first kappa shape index (κ1) is 33.5. The summed E-state index contributed by atoms with van der Waals surface area (Å²) in [6.07, 6.45) is 0. The summed E-state index contributed by atoms with van der Waals surface area (Å²) in [7, 11) is 0. The molecule has 0 N–H and O–H groups in total. The van der Waals surface area contributed by atoms with Gasteiger partial charge in [0.1, 0.15) is 11.2 Å². The highest BCUT2D eigenvalue weighted by Crippen LogP contribution is 2.55. The van der Waals surface area contributed by atoms with E-state index in [1.54, 1.807) is 0 Å². The van der Waals surface area contributed by atoms with E-state index in [-0.39, 0.29) is 5.41 Å². The number of benzene rings is 9. The molecule has 9 aromatic carbocycles. The van der Waals surface area contributed by atoms with Crippen molar-refractivity contribution in [1.82, 2.24) is 9.97 Å². The molecule has 2 aromatic heterocycles. The van der Waals surface area contributed by atoms with Crippen LogP contribution in [-0.4, -0.2) is 9.97 Å². The summed E-state index contributed by atoms with van der Waals surface area (Å²) >= 11 is 0. The fourth-order valence-electron chi connectivity index (χ4n) is 9.74. The van der Waals surface area contributed by atoms with Crippen LogP contribution in [0.15, 0.2) is 205 Å². The molecule has 0 bridgehead atoms. The molecule has 12 rings (SSSR count).